The zero-order valence-corrected chi connectivity index (χ0v) is 14.4. The fourth-order valence-corrected chi connectivity index (χ4v) is 4.99. The molecule has 0 saturated carbocycles. The van der Waals surface area contributed by atoms with Crippen LogP contribution in [-0.2, 0) is 6.42 Å². The van der Waals surface area contributed by atoms with Gasteiger partial charge in [0.1, 0.15) is 0 Å². The van der Waals surface area contributed by atoms with Crippen LogP contribution in [0.25, 0.3) is 10.1 Å². The molecule has 1 unspecified atom stereocenters. The van der Waals surface area contributed by atoms with Crippen LogP contribution in [0.1, 0.15) is 22.7 Å². The highest BCUT2D eigenvalue weighted by Crippen LogP contribution is 2.33. The van der Waals surface area contributed by atoms with E-state index in [1.54, 1.807) is 0 Å². The molecule has 2 aromatic heterocycles. The lowest BCUT2D eigenvalue weighted by molar-refractivity contribution is 0.562. The lowest BCUT2D eigenvalue weighted by Gasteiger charge is -2.15. The van der Waals surface area contributed by atoms with Crippen LogP contribution in [0.2, 0.25) is 0 Å². The highest BCUT2D eigenvalue weighted by molar-refractivity contribution is 9.10. The molecule has 1 nitrogen and oxygen atoms in total. The fraction of sp³-hybridized carbons (Fsp3) is 0.250. The van der Waals surface area contributed by atoms with Crippen molar-refractivity contribution in [1.82, 2.24) is 5.32 Å². The van der Waals surface area contributed by atoms with E-state index in [1.165, 1.54) is 24.3 Å². The molecule has 0 saturated heterocycles. The Morgan fingerprint density at radius 1 is 1.25 bits per heavy atom. The van der Waals surface area contributed by atoms with E-state index in [-0.39, 0.29) is 0 Å². The molecule has 0 radical (unpaired) electrons. The Balaban J connectivity index is 1.89. The maximum Gasteiger partial charge on any atom is 0.0463 e. The number of rotatable bonds is 5. The summed E-state index contributed by atoms with van der Waals surface area (Å²) in [6.45, 7) is 3.16. The summed E-state index contributed by atoms with van der Waals surface area (Å²) in [5.41, 5.74) is 0. The van der Waals surface area contributed by atoms with Gasteiger partial charge in [-0.3, -0.25) is 0 Å². The Morgan fingerprint density at radius 2 is 2.10 bits per heavy atom. The molecule has 0 fully saturated rings. The highest BCUT2D eigenvalue weighted by Gasteiger charge is 2.15. The Hall–Kier alpha value is -0.680. The van der Waals surface area contributed by atoms with E-state index in [1.807, 2.05) is 22.7 Å². The van der Waals surface area contributed by atoms with Crippen molar-refractivity contribution in [3.05, 3.63) is 56.0 Å². The first-order chi connectivity index (χ1) is 9.76. The van der Waals surface area contributed by atoms with E-state index >= 15 is 0 Å². The van der Waals surface area contributed by atoms with E-state index in [0.29, 0.717) is 6.04 Å². The van der Waals surface area contributed by atoms with Crippen molar-refractivity contribution in [2.24, 2.45) is 0 Å². The molecule has 0 bridgehead atoms. The summed E-state index contributed by atoms with van der Waals surface area (Å²) in [7, 11) is 0. The van der Waals surface area contributed by atoms with Crippen molar-refractivity contribution < 1.29 is 0 Å². The summed E-state index contributed by atoms with van der Waals surface area (Å²) in [6.07, 6.45) is 1.05. The lowest BCUT2D eigenvalue weighted by Crippen LogP contribution is -2.21. The van der Waals surface area contributed by atoms with Crippen molar-refractivity contribution in [2.45, 2.75) is 19.4 Å². The van der Waals surface area contributed by atoms with Gasteiger partial charge in [-0.25, -0.2) is 0 Å². The summed E-state index contributed by atoms with van der Waals surface area (Å²) in [6, 6.07) is 13.6. The second-order valence-corrected chi connectivity index (χ2v) is 7.76. The monoisotopic (exact) mass is 365 g/mol. The van der Waals surface area contributed by atoms with E-state index in [9.17, 15) is 0 Å². The molecule has 1 aromatic carbocycles. The van der Waals surface area contributed by atoms with Gasteiger partial charge in [-0.2, -0.15) is 0 Å². The van der Waals surface area contributed by atoms with Crippen LogP contribution in [0.5, 0.6) is 0 Å². The van der Waals surface area contributed by atoms with Crippen LogP contribution in [-0.4, -0.2) is 6.54 Å². The van der Waals surface area contributed by atoms with Crippen molar-refractivity contribution in [1.29, 1.82) is 0 Å². The predicted molar refractivity (Wildman–Crippen MR) is 94.0 cm³/mol. The van der Waals surface area contributed by atoms with Gasteiger partial charge in [0.15, 0.2) is 0 Å². The Kier molecular flexibility index (Phi) is 4.56. The van der Waals surface area contributed by atoms with Crippen LogP contribution in [0.4, 0.5) is 0 Å². The van der Waals surface area contributed by atoms with Crippen LogP contribution in [0.15, 0.2) is 46.3 Å². The molecule has 4 heteroatoms. The molecule has 1 atom stereocenters. The number of thiophene rings is 2. The van der Waals surface area contributed by atoms with E-state index in [4.69, 9.17) is 0 Å². The topological polar surface area (TPSA) is 12.0 Å². The number of benzene rings is 1. The van der Waals surface area contributed by atoms with E-state index in [2.05, 4.69) is 69.9 Å². The molecule has 3 rings (SSSR count). The highest BCUT2D eigenvalue weighted by atomic mass is 79.9. The van der Waals surface area contributed by atoms with E-state index < -0.39 is 0 Å². The standard InChI is InChI=1S/C16H16BrNS2/c1-2-18-14(9-13-8-12(17)10-19-13)16-7-11-5-3-4-6-15(11)20-16/h3-8,10,14,18H,2,9H2,1H3. The van der Waals surface area contributed by atoms with Gasteiger partial charge in [0.25, 0.3) is 0 Å². The summed E-state index contributed by atoms with van der Waals surface area (Å²) >= 11 is 7.26. The SMILES string of the molecule is CCNC(Cc1cc(Br)cs1)c1cc2ccccc2s1. The van der Waals surface area contributed by atoms with E-state index in [0.717, 1.165) is 13.0 Å². The molecule has 20 heavy (non-hydrogen) atoms. The summed E-state index contributed by atoms with van der Waals surface area (Å²) in [5.74, 6) is 0. The van der Waals surface area contributed by atoms with Crippen molar-refractivity contribution in [3.63, 3.8) is 0 Å². The molecule has 0 aliphatic rings. The average Bonchev–Trinajstić information content (AvgIpc) is 3.04. The minimum absolute atomic E-state index is 0.406. The average molecular weight is 366 g/mol. The summed E-state index contributed by atoms with van der Waals surface area (Å²) < 4.78 is 2.56. The lowest BCUT2D eigenvalue weighted by atomic mass is 10.1. The van der Waals surface area contributed by atoms with Gasteiger partial charge in [0, 0.05) is 36.8 Å². The molecule has 2 heterocycles. The molecule has 0 aliphatic heterocycles. The summed E-state index contributed by atoms with van der Waals surface area (Å²) in [4.78, 5) is 2.85. The third-order valence-corrected chi connectivity index (χ3v) is 6.22. The van der Waals surface area contributed by atoms with Crippen molar-refractivity contribution >= 4 is 48.7 Å². The number of hydrogen-bond donors (Lipinski definition) is 1. The van der Waals surface area contributed by atoms with Crippen LogP contribution >= 0.6 is 38.6 Å². The molecule has 104 valence electrons. The minimum atomic E-state index is 0.406. The van der Waals surface area contributed by atoms with Gasteiger partial charge >= 0.3 is 0 Å². The molecular weight excluding hydrogens is 350 g/mol. The number of fused-ring (bicyclic) bond motifs is 1. The first-order valence-corrected chi connectivity index (χ1v) is 9.20. The molecule has 3 aromatic rings. The van der Waals surface area contributed by atoms with Gasteiger partial charge in [0.2, 0.25) is 0 Å². The molecule has 0 aliphatic carbocycles. The largest absolute Gasteiger partial charge is 0.309 e. The summed E-state index contributed by atoms with van der Waals surface area (Å²) in [5, 5.41) is 7.13. The maximum absolute atomic E-state index is 3.62. The Labute approximate surface area is 135 Å². The smallest absolute Gasteiger partial charge is 0.0463 e. The first-order valence-electron chi connectivity index (χ1n) is 6.71. The van der Waals surface area contributed by atoms with Gasteiger partial charge in [0.05, 0.1) is 0 Å². The minimum Gasteiger partial charge on any atom is -0.309 e. The van der Waals surface area contributed by atoms with Crippen LogP contribution in [0.3, 0.4) is 0 Å². The third-order valence-electron chi connectivity index (χ3n) is 3.27. The van der Waals surface area contributed by atoms with Gasteiger partial charge in [-0.15, -0.1) is 22.7 Å². The zero-order valence-electron chi connectivity index (χ0n) is 11.2. The van der Waals surface area contributed by atoms with Gasteiger partial charge < -0.3 is 5.32 Å². The van der Waals surface area contributed by atoms with Crippen LogP contribution in [0, 0.1) is 0 Å². The normalized spacial score (nSPS) is 12.9. The number of halogens is 1. The van der Waals surface area contributed by atoms with Gasteiger partial charge in [-0.05, 0) is 46.1 Å². The molecule has 1 N–H and O–H groups in total. The predicted octanol–water partition coefficient (Wildman–Crippen LogP) is 5.62. The van der Waals surface area contributed by atoms with Crippen molar-refractivity contribution in [2.75, 3.05) is 6.54 Å². The number of likely N-dealkylation sites (N-methyl/N-ethyl adjacent to an activating group) is 1. The molecular formula is C16H16BrNS2. The molecule has 0 amide bonds. The fourth-order valence-electron chi connectivity index (χ4n) is 2.36. The first kappa shape index (κ1) is 14.3. The third kappa shape index (κ3) is 3.14. The maximum atomic E-state index is 3.62. The quantitative estimate of drug-likeness (QED) is 0.618. The van der Waals surface area contributed by atoms with Gasteiger partial charge in [-0.1, -0.05) is 25.1 Å². The van der Waals surface area contributed by atoms with Crippen LogP contribution < -0.4 is 5.32 Å². The number of hydrogen-bond acceptors (Lipinski definition) is 3. The molecule has 0 spiro atoms. The zero-order chi connectivity index (χ0) is 13.9. The Morgan fingerprint density at radius 3 is 2.80 bits per heavy atom. The second-order valence-electron chi connectivity index (χ2n) is 4.73. The Bertz CT molecular complexity index is 668. The second kappa shape index (κ2) is 6.39. The van der Waals surface area contributed by atoms with Crippen molar-refractivity contribution in [3.8, 4) is 0 Å². The number of nitrogens with one attached hydrogen (secondary N) is 1.